The van der Waals surface area contributed by atoms with E-state index in [1.54, 1.807) is 0 Å². The normalized spacial score (nSPS) is 15.3. The van der Waals surface area contributed by atoms with Crippen molar-refractivity contribution in [1.82, 2.24) is 14.8 Å². The second kappa shape index (κ2) is 6.10. The van der Waals surface area contributed by atoms with Crippen LogP contribution in [0.5, 0.6) is 0 Å². The highest BCUT2D eigenvalue weighted by Crippen LogP contribution is 2.04. The van der Waals surface area contributed by atoms with Gasteiger partial charge in [0, 0.05) is 29.1 Å². The third-order valence-electron chi connectivity index (χ3n) is 1.97. The lowest BCUT2D eigenvalue weighted by Gasteiger charge is -2.09. The zero-order valence-electron chi connectivity index (χ0n) is 10.1. The second-order valence-electron chi connectivity index (χ2n) is 4.48. The Morgan fingerprint density at radius 2 is 2.19 bits per heavy atom. The summed E-state index contributed by atoms with van der Waals surface area (Å²) < 4.78 is 13.5. The molecule has 0 spiro atoms. The molecule has 0 amide bonds. The van der Waals surface area contributed by atoms with Gasteiger partial charge in [-0.25, -0.2) is 9.67 Å². The van der Waals surface area contributed by atoms with Crippen LogP contribution >= 0.6 is 0 Å². The van der Waals surface area contributed by atoms with Gasteiger partial charge in [-0.05, 0) is 12.8 Å². The first-order chi connectivity index (χ1) is 7.49. The molecular weight excluding hydrogens is 224 g/mol. The van der Waals surface area contributed by atoms with E-state index in [1.807, 2.05) is 11.6 Å². The molecule has 0 aliphatic heterocycles. The predicted molar refractivity (Wildman–Crippen MR) is 65.2 cm³/mol. The van der Waals surface area contributed by atoms with Gasteiger partial charge in [-0.3, -0.25) is 4.21 Å². The number of hydrogen-bond acceptors (Lipinski definition) is 4. The molecule has 92 valence electrons. The lowest BCUT2D eigenvalue weighted by molar-refractivity contribution is 0.471. The van der Waals surface area contributed by atoms with Gasteiger partial charge in [-0.15, -0.1) is 0 Å². The van der Waals surface area contributed by atoms with Gasteiger partial charge in [0.1, 0.15) is 12.2 Å². The van der Waals surface area contributed by atoms with Crippen molar-refractivity contribution >= 4 is 10.8 Å². The summed E-state index contributed by atoms with van der Waals surface area (Å²) in [4.78, 5) is 4.13. The maximum atomic E-state index is 11.7. The molecule has 0 bridgehead atoms. The Morgan fingerprint density at radius 1 is 1.50 bits per heavy atom. The Balaban J connectivity index is 2.59. The largest absolute Gasteiger partial charge is 0.327 e. The first kappa shape index (κ1) is 13.3. The Hall–Kier alpha value is -0.750. The maximum absolute atomic E-state index is 11.7. The van der Waals surface area contributed by atoms with Crippen LogP contribution in [0.4, 0.5) is 0 Å². The highest BCUT2D eigenvalue weighted by Gasteiger charge is 2.11. The van der Waals surface area contributed by atoms with Gasteiger partial charge < -0.3 is 5.73 Å². The first-order valence-electron chi connectivity index (χ1n) is 5.46. The number of aromatic nitrogens is 3. The summed E-state index contributed by atoms with van der Waals surface area (Å²) >= 11 is 0. The van der Waals surface area contributed by atoms with Crippen molar-refractivity contribution in [3.63, 3.8) is 0 Å². The second-order valence-corrected chi connectivity index (χ2v) is 5.98. The van der Waals surface area contributed by atoms with Crippen LogP contribution in [0.1, 0.15) is 26.6 Å². The van der Waals surface area contributed by atoms with E-state index in [1.165, 1.54) is 6.33 Å². The molecule has 6 heteroatoms. The summed E-state index contributed by atoms with van der Waals surface area (Å²) in [5.74, 6) is 2.23. The summed E-state index contributed by atoms with van der Waals surface area (Å²) in [5, 5.41) is 4.13. The molecular formula is C10H20N4OS. The molecule has 2 N–H and O–H groups in total. The fraction of sp³-hybridized carbons (Fsp3) is 0.800. The molecule has 0 aliphatic rings. The van der Waals surface area contributed by atoms with Crippen LogP contribution in [0, 0.1) is 5.92 Å². The highest BCUT2D eigenvalue weighted by molar-refractivity contribution is 7.84. The minimum Gasteiger partial charge on any atom is -0.327 e. The van der Waals surface area contributed by atoms with Crippen molar-refractivity contribution in [2.24, 2.45) is 11.7 Å². The Labute approximate surface area is 98.9 Å². The lowest BCUT2D eigenvalue weighted by Crippen LogP contribution is -2.24. The Kier molecular flexibility index (Phi) is 5.08. The molecule has 0 fully saturated rings. The van der Waals surface area contributed by atoms with Gasteiger partial charge in [0.2, 0.25) is 0 Å². The van der Waals surface area contributed by atoms with E-state index in [0.717, 1.165) is 12.4 Å². The SMILES string of the molecule is CC(C)Cn1ncnc1CS(=O)CC(C)N. The van der Waals surface area contributed by atoms with Gasteiger partial charge in [0.05, 0.1) is 5.75 Å². The molecule has 0 radical (unpaired) electrons. The maximum Gasteiger partial charge on any atom is 0.139 e. The quantitative estimate of drug-likeness (QED) is 0.792. The van der Waals surface area contributed by atoms with Crippen molar-refractivity contribution < 1.29 is 4.21 Å². The first-order valence-corrected chi connectivity index (χ1v) is 6.95. The average Bonchev–Trinajstić information content (AvgIpc) is 2.50. The van der Waals surface area contributed by atoms with Gasteiger partial charge in [-0.1, -0.05) is 13.8 Å². The molecule has 1 aromatic heterocycles. The fourth-order valence-electron chi connectivity index (χ4n) is 1.39. The predicted octanol–water partition coefficient (Wildman–Crippen LogP) is 0.530. The minimum atomic E-state index is -0.953. The number of nitrogens with zero attached hydrogens (tertiary/aromatic N) is 3. The van der Waals surface area contributed by atoms with E-state index in [2.05, 4.69) is 23.9 Å². The van der Waals surface area contributed by atoms with Crippen molar-refractivity contribution in [1.29, 1.82) is 0 Å². The summed E-state index contributed by atoms with van der Waals surface area (Å²) in [7, 11) is -0.953. The van der Waals surface area contributed by atoms with E-state index in [-0.39, 0.29) is 6.04 Å². The summed E-state index contributed by atoms with van der Waals surface area (Å²) in [6, 6.07) is -0.0395. The van der Waals surface area contributed by atoms with Gasteiger partial charge >= 0.3 is 0 Å². The van der Waals surface area contributed by atoms with E-state index in [4.69, 9.17) is 5.73 Å². The van der Waals surface area contributed by atoms with E-state index < -0.39 is 10.8 Å². The monoisotopic (exact) mass is 244 g/mol. The minimum absolute atomic E-state index is 0.0395. The van der Waals surface area contributed by atoms with Crippen LogP contribution in [0.15, 0.2) is 6.33 Å². The number of rotatable bonds is 6. The van der Waals surface area contributed by atoms with Gasteiger partial charge in [-0.2, -0.15) is 5.10 Å². The highest BCUT2D eigenvalue weighted by atomic mass is 32.2. The smallest absolute Gasteiger partial charge is 0.139 e. The van der Waals surface area contributed by atoms with Crippen LogP contribution < -0.4 is 5.73 Å². The summed E-state index contributed by atoms with van der Waals surface area (Å²) in [6.07, 6.45) is 1.51. The van der Waals surface area contributed by atoms with Crippen molar-refractivity contribution in [3.8, 4) is 0 Å². The molecule has 0 aromatic carbocycles. The zero-order valence-corrected chi connectivity index (χ0v) is 10.9. The van der Waals surface area contributed by atoms with Gasteiger partial charge in [0.25, 0.3) is 0 Å². The lowest BCUT2D eigenvalue weighted by atomic mass is 10.2. The zero-order chi connectivity index (χ0) is 12.1. The third kappa shape index (κ3) is 4.40. The Morgan fingerprint density at radius 3 is 2.75 bits per heavy atom. The fourth-order valence-corrected chi connectivity index (χ4v) is 2.61. The molecule has 1 aromatic rings. The molecule has 0 saturated carbocycles. The number of hydrogen-bond donors (Lipinski definition) is 1. The third-order valence-corrected chi connectivity index (χ3v) is 3.45. The molecule has 0 saturated heterocycles. The van der Waals surface area contributed by atoms with E-state index in [9.17, 15) is 4.21 Å². The standard InChI is InChI=1S/C10H20N4OS/c1-8(2)4-14-10(12-7-13-14)6-16(15)5-9(3)11/h7-9H,4-6,11H2,1-3H3. The van der Waals surface area contributed by atoms with Crippen LogP contribution in [-0.2, 0) is 23.1 Å². The van der Waals surface area contributed by atoms with Crippen molar-refractivity contribution in [3.05, 3.63) is 12.2 Å². The topological polar surface area (TPSA) is 73.8 Å². The van der Waals surface area contributed by atoms with Crippen LogP contribution in [0.3, 0.4) is 0 Å². The molecule has 0 aliphatic carbocycles. The van der Waals surface area contributed by atoms with E-state index in [0.29, 0.717) is 17.4 Å². The molecule has 5 nitrogen and oxygen atoms in total. The molecule has 2 unspecified atom stereocenters. The van der Waals surface area contributed by atoms with Crippen LogP contribution in [0.2, 0.25) is 0 Å². The van der Waals surface area contributed by atoms with Crippen molar-refractivity contribution in [2.45, 2.75) is 39.1 Å². The van der Waals surface area contributed by atoms with Crippen LogP contribution in [-0.4, -0.2) is 30.8 Å². The van der Waals surface area contributed by atoms with Crippen LogP contribution in [0.25, 0.3) is 0 Å². The molecule has 16 heavy (non-hydrogen) atoms. The molecule has 2 atom stereocenters. The Bertz CT molecular complexity index is 348. The molecule has 1 heterocycles. The summed E-state index contributed by atoms with van der Waals surface area (Å²) in [5.41, 5.74) is 5.61. The summed E-state index contributed by atoms with van der Waals surface area (Å²) in [6.45, 7) is 6.90. The molecule has 1 rings (SSSR count). The van der Waals surface area contributed by atoms with Gasteiger partial charge in [0.15, 0.2) is 0 Å². The number of nitrogens with two attached hydrogens (primary N) is 1. The van der Waals surface area contributed by atoms with E-state index >= 15 is 0 Å². The van der Waals surface area contributed by atoms with Crippen molar-refractivity contribution in [2.75, 3.05) is 5.75 Å². The average molecular weight is 244 g/mol.